The number of aliphatic hydroxyl groups is 2. The Morgan fingerprint density at radius 3 is 1.66 bits per heavy atom. The van der Waals surface area contributed by atoms with Crippen LogP contribution in [0, 0.1) is 11.3 Å². The topological polar surface area (TPSA) is 662 Å². The molecule has 15 atom stereocenters. The molecule has 0 spiro atoms. The number of aliphatic hydroxyl groups excluding tert-OH is 2. The normalized spacial score (nSPS) is 25.5. The maximum atomic E-state index is 15.8. The van der Waals surface area contributed by atoms with Gasteiger partial charge >= 0.3 is 0 Å². The quantitative estimate of drug-likeness (QED) is 0.0204. The lowest BCUT2D eigenvalue weighted by molar-refractivity contribution is -0.149. The minimum Gasteiger partial charge on any atom is -0.508 e. The van der Waals surface area contributed by atoms with E-state index < -0.39 is 241 Å². The van der Waals surface area contributed by atoms with Gasteiger partial charge in [0.1, 0.15) is 90.3 Å². The number of thioether (sulfide) groups is 1. The van der Waals surface area contributed by atoms with E-state index in [4.69, 9.17) is 22.6 Å². The van der Waals surface area contributed by atoms with Gasteiger partial charge in [0, 0.05) is 125 Å². The van der Waals surface area contributed by atoms with Crippen molar-refractivity contribution >= 4 is 140 Å². The van der Waals surface area contributed by atoms with Crippen LogP contribution in [-0.4, -0.2) is 322 Å². The highest BCUT2D eigenvalue weighted by Crippen LogP contribution is 2.29. The summed E-state index contributed by atoms with van der Waals surface area (Å²) in [4.78, 5) is 270. The van der Waals surface area contributed by atoms with Gasteiger partial charge in [0.15, 0.2) is 5.96 Å². The molecule has 3 aromatic heterocycles. The van der Waals surface area contributed by atoms with Crippen LogP contribution in [0.25, 0.3) is 21.8 Å². The largest absolute Gasteiger partial charge is 0.508 e. The number of primary amides is 2. The third-order valence-electron chi connectivity index (χ3n) is 24.9. The van der Waals surface area contributed by atoms with Gasteiger partial charge in [-0.3, -0.25) is 86.9 Å². The van der Waals surface area contributed by atoms with Crippen LogP contribution in [0.4, 0.5) is 0 Å². The number of fused-ring (bicyclic) bond motifs is 7. The summed E-state index contributed by atoms with van der Waals surface area (Å²) in [5.74, 6) is -17.9. The summed E-state index contributed by atoms with van der Waals surface area (Å²) in [6, 6.07) is -2.14. The van der Waals surface area contributed by atoms with Crippen molar-refractivity contribution in [3.8, 4) is 5.75 Å². The number of nitrogens with one attached hydrogen (secondary N) is 15. The Balaban J connectivity index is 1.02. The molecular formula is C91H126N24O20S. The van der Waals surface area contributed by atoms with Gasteiger partial charge in [-0.05, 0) is 98.7 Å². The van der Waals surface area contributed by atoms with Gasteiger partial charge in [-0.2, -0.15) is 0 Å². The van der Waals surface area contributed by atoms with Gasteiger partial charge in [0.25, 0.3) is 0 Å². The highest BCUT2D eigenvalue weighted by Gasteiger charge is 2.47. The van der Waals surface area contributed by atoms with Crippen molar-refractivity contribution in [2.45, 2.75) is 233 Å². The molecule has 1 unspecified atom stereocenters. The van der Waals surface area contributed by atoms with Crippen molar-refractivity contribution < 1.29 is 96.8 Å². The second kappa shape index (κ2) is 49.5. The van der Waals surface area contributed by atoms with Crippen molar-refractivity contribution in [1.29, 1.82) is 5.41 Å². The minimum atomic E-state index is -1.89. The first kappa shape index (κ1) is 104. The zero-order valence-electron chi connectivity index (χ0n) is 77.0. The number of nitrogens with two attached hydrogens (primary N) is 3. The van der Waals surface area contributed by atoms with Crippen LogP contribution >= 0.6 is 11.8 Å². The van der Waals surface area contributed by atoms with Gasteiger partial charge in [-0.15, -0.1) is 11.8 Å². The molecule has 24 N–H and O–H groups in total. The number of phenols is 1. The number of carbonyl (C=O) groups is 17. The first-order chi connectivity index (χ1) is 64.9. The first-order valence-electron chi connectivity index (χ1n) is 45.7. The Morgan fingerprint density at radius 1 is 0.529 bits per heavy atom. The number of likely N-dealkylation sites (N-methyl/N-ethyl adjacent to an activating group) is 3. The number of imidazole rings is 1. The summed E-state index contributed by atoms with van der Waals surface area (Å²) in [5, 5.41) is 71.2. The summed E-state index contributed by atoms with van der Waals surface area (Å²) in [6.45, 7) is 2.35. The van der Waals surface area contributed by atoms with Crippen LogP contribution in [0.15, 0.2) is 97.7 Å². The van der Waals surface area contributed by atoms with Gasteiger partial charge in [-0.25, -0.2) is 4.98 Å². The number of aromatic amines is 3. The standard InChI is InChI=1S/C91H126N24O20S/c1-49(2)33-64-89(134)115-44-56(118)38-73(115)85(130)104-62(35-52-40-98-59-21-15-13-19-57(52)59)80(125)109-68(45-116)82(127)108-66(36-53-41-99-60-22-16-14-20-58(53)60)87(132)113(6)72-25-12-10-8-7-9-11-24-70(112(5)90(72)135)83(128)103-61(23-17-31-97-91(94)95)79(124)110-69(78(123)100-43-75(93)120)46-136-47-76(121)102-65(34-51-27-29-55(117)30-28-51)86(131)111(4)50(3)77(122)106-67(39-74(92)119)88(133)114-32-18-26-71(114)84(129)105-63(81(126)107-64)37-54-42-96-48-101-54/h13-16,19-22,27-30,40-42,48-50,56,61-73,98-99,116-118H,7-12,17-18,23-26,31-39,43-47H2,1-6H3,(H2,92,119)(H2,93,120)(H,96,101)(H,100,123)(H,102,121)(H,103,128)(H,104,130)(H,105,129)(H,106,122)(H,107,126)(H,108,127)(H,109,125)(H,110,124)(H4,94,95,97)/t50-,56+,61-,62-,63-,64-,65-,66-,67-,68-,69-,70?,71-,72-,73-/m0/s1. The summed E-state index contributed by atoms with van der Waals surface area (Å²) in [7, 11) is 3.94. The lowest BCUT2D eigenvalue weighted by Gasteiger charge is -2.36. The average molecular weight is 1910 g/mol. The van der Waals surface area contributed by atoms with E-state index in [-0.39, 0.29) is 95.4 Å². The minimum absolute atomic E-state index is 0.00900. The number of nitrogens with zero attached hydrogens (tertiary/aromatic N) is 6. The zero-order chi connectivity index (χ0) is 98.7. The van der Waals surface area contributed by atoms with Crippen molar-refractivity contribution in [2.24, 2.45) is 23.1 Å². The molecule has 0 saturated carbocycles. The van der Waals surface area contributed by atoms with Gasteiger partial charge in [0.2, 0.25) is 100 Å². The molecule has 4 fully saturated rings. The van der Waals surface area contributed by atoms with Crippen LogP contribution in [0.5, 0.6) is 5.75 Å². The van der Waals surface area contributed by atoms with E-state index in [1.54, 1.807) is 74.8 Å². The molecule has 0 aliphatic carbocycles. The lowest BCUT2D eigenvalue weighted by atomic mass is 9.97. The molecule has 45 heteroatoms. The molecule has 736 valence electrons. The Hall–Kier alpha value is -13.7. The molecule has 4 saturated heterocycles. The van der Waals surface area contributed by atoms with Crippen LogP contribution in [-0.2, 0) is 107 Å². The molecule has 6 aromatic rings. The summed E-state index contributed by atoms with van der Waals surface area (Å²) in [6.07, 6.45) is 5.53. The molecule has 44 nitrogen and oxygen atoms in total. The number of carbonyl (C=O) groups excluding carboxylic acids is 17. The monoisotopic (exact) mass is 1910 g/mol. The second-order valence-electron chi connectivity index (χ2n) is 35.4. The molecule has 136 heavy (non-hydrogen) atoms. The van der Waals surface area contributed by atoms with E-state index >= 15 is 38.4 Å². The Kier molecular flexibility index (Phi) is 38.0. The molecule has 4 aliphatic rings. The number of para-hydroxylation sites is 2. The molecular weight excluding hydrogens is 1780 g/mol. The number of amides is 17. The number of aromatic hydroxyl groups is 1. The van der Waals surface area contributed by atoms with Crippen molar-refractivity contribution in [3.05, 3.63) is 120 Å². The van der Waals surface area contributed by atoms with Crippen LogP contribution < -0.4 is 75.7 Å². The second-order valence-corrected chi connectivity index (χ2v) is 36.4. The number of aromatic nitrogens is 4. The predicted octanol–water partition coefficient (Wildman–Crippen LogP) is -3.17. The van der Waals surface area contributed by atoms with E-state index in [0.29, 0.717) is 82.7 Å². The van der Waals surface area contributed by atoms with Crippen LogP contribution in [0.1, 0.15) is 139 Å². The molecule has 10 rings (SSSR count). The fourth-order valence-corrected chi connectivity index (χ4v) is 18.2. The average Bonchev–Trinajstić information content (AvgIpc) is 1.63. The molecule has 7 heterocycles. The van der Waals surface area contributed by atoms with Crippen molar-refractivity contribution in [2.75, 3.05) is 65.4 Å². The van der Waals surface area contributed by atoms with Gasteiger partial charge < -0.3 is 130 Å². The number of H-pyrrole nitrogens is 3. The van der Waals surface area contributed by atoms with Gasteiger partial charge in [-0.1, -0.05) is 101 Å². The maximum absolute atomic E-state index is 15.8. The van der Waals surface area contributed by atoms with Crippen LogP contribution in [0.2, 0.25) is 0 Å². The number of hydrogen-bond donors (Lipinski definition) is 21. The number of guanidine groups is 1. The molecule has 17 amide bonds. The summed E-state index contributed by atoms with van der Waals surface area (Å²) in [5.41, 5.74) is 19.8. The molecule has 2 bridgehead atoms. The fraction of sp³-hybridized carbons (Fsp3) is 0.527. The highest BCUT2D eigenvalue weighted by molar-refractivity contribution is 8.00. The fourth-order valence-electron chi connectivity index (χ4n) is 17.4. The van der Waals surface area contributed by atoms with E-state index in [9.17, 15) is 58.5 Å². The van der Waals surface area contributed by atoms with Gasteiger partial charge in [0.05, 0.1) is 37.8 Å². The number of phenolic OH excluding ortho intramolecular Hbond substituents is 1. The predicted molar refractivity (Wildman–Crippen MR) is 498 cm³/mol. The number of benzene rings is 3. The molecule has 0 radical (unpaired) electrons. The maximum Gasteiger partial charge on any atom is 0.246 e. The lowest BCUT2D eigenvalue weighted by Crippen LogP contribution is -2.62. The smallest absolute Gasteiger partial charge is 0.246 e. The first-order valence-corrected chi connectivity index (χ1v) is 46.8. The third kappa shape index (κ3) is 28.7. The Bertz CT molecular complexity index is 5280. The molecule has 3 aromatic carbocycles. The van der Waals surface area contributed by atoms with Crippen LogP contribution in [0.3, 0.4) is 0 Å². The van der Waals surface area contributed by atoms with E-state index in [1.165, 1.54) is 69.8 Å². The van der Waals surface area contributed by atoms with E-state index in [2.05, 4.69) is 78.4 Å². The molecule has 4 aliphatic heterocycles. The van der Waals surface area contributed by atoms with E-state index in [1.807, 2.05) is 0 Å². The third-order valence-corrected chi connectivity index (χ3v) is 25.9. The number of hydrogen-bond acceptors (Lipinski definition) is 23. The SMILES string of the molecule is CC(C)C[C@@H]1NC(=O)[C@H](Cc2cnc[nH]2)NC(=O)[C@@H]2CCCN2C(=O)[C@H](CC(N)=O)NC(=O)[C@H](C)N(C)C(=O)[C@H](Cc2ccc(O)cc2)NC(=O)CSC[C@@H](C(=O)NCC(N)=O)NC(=O)[C@H](CCCNC(=N)N)NC(=O)C2CCCCCCCC[C@@H](C(=O)N2C)N(C)C(=O)[C@H](Cc2c[nH]c3ccccc23)NC(=O)[C@H](CO)NC(=O)[C@H](Cc2c[nH]c3ccccc23)NC(=O)[C@@H]2C[C@@H](O)CN2C1=O. The Morgan fingerprint density at radius 2 is 1.05 bits per heavy atom. The summed E-state index contributed by atoms with van der Waals surface area (Å²) < 4.78 is 0. The van der Waals surface area contributed by atoms with Crippen molar-refractivity contribution in [1.82, 2.24) is 103 Å². The highest BCUT2D eigenvalue weighted by atomic mass is 32.2. The summed E-state index contributed by atoms with van der Waals surface area (Å²) >= 11 is 0.765. The zero-order valence-corrected chi connectivity index (χ0v) is 77.8. The Labute approximate surface area is 789 Å². The number of rotatable bonds is 20. The van der Waals surface area contributed by atoms with Crippen molar-refractivity contribution in [3.63, 3.8) is 0 Å². The van der Waals surface area contributed by atoms with E-state index in [0.717, 1.165) is 31.4 Å².